The lowest BCUT2D eigenvalue weighted by Crippen LogP contribution is -2.68. The van der Waals surface area contributed by atoms with E-state index >= 15 is 0 Å². The molecule has 0 aliphatic carbocycles. The van der Waals surface area contributed by atoms with Crippen LogP contribution >= 0.6 is 0 Å². The molecule has 1 N–H and O–H groups in total. The predicted octanol–water partition coefficient (Wildman–Crippen LogP) is 3.60. The fourth-order valence-electron chi connectivity index (χ4n) is 5.83. The number of ether oxygens (including phenoxy) is 4. The van der Waals surface area contributed by atoms with Crippen LogP contribution in [0.4, 0.5) is 0 Å². The second-order valence-corrected chi connectivity index (χ2v) is 15.6. The summed E-state index contributed by atoms with van der Waals surface area (Å²) in [5, 5.41) is 12.7. The maximum atomic E-state index is 10.5. The van der Waals surface area contributed by atoms with E-state index in [0.717, 1.165) is 0 Å². The molecule has 2 aromatic carbocycles. The number of fused-ring (bicyclic) bond motifs is 1. The molecule has 2 aromatic rings. The van der Waals surface area contributed by atoms with Crippen molar-refractivity contribution in [3.63, 3.8) is 0 Å². The number of rotatable bonds is 8. The maximum absolute atomic E-state index is 10.5. The van der Waals surface area contributed by atoms with Crippen LogP contribution in [0.1, 0.15) is 48.0 Å². The summed E-state index contributed by atoms with van der Waals surface area (Å²) in [6.45, 7) is 12.5. The molecule has 0 amide bonds. The minimum atomic E-state index is -2.82. The maximum Gasteiger partial charge on any atom is 0.261 e. The summed E-state index contributed by atoms with van der Waals surface area (Å²) in [6.07, 6.45) is -1.73. The lowest BCUT2D eigenvalue weighted by Gasteiger charge is -2.46. The SMILES string of the molecule is CO[C@H]1[C@H]2OC(C)(C)O[C@H]2O[C@@]1(CO[Si](c1ccccc1)(c1ccccc1)C(C)(C)C)CC(C)O. The van der Waals surface area contributed by atoms with Crippen LogP contribution in [0.15, 0.2) is 60.7 Å². The average Bonchev–Trinajstić information content (AvgIpc) is 3.21. The quantitative estimate of drug-likeness (QED) is 0.559. The molecule has 0 saturated carbocycles. The lowest BCUT2D eigenvalue weighted by atomic mass is 9.90. The van der Waals surface area contributed by atoms with E-state index < -0.39 is 44.3 Å². The van der Waals surface area contributed by atoms with Crippen LogP contribution in [-0.2, 0) is 23.4 Å². The van der Waals surface area contributed by atoms with E-state index in [1.807, 2.05) is 26.0 Å². The van der Waals surface area contributed by atoms with Gasteiger partial charge in [-0.1, -0.05) is 81.4 Å². The highest BCUT2D eigenvalue weighted by molar-refractivity contribution is 6.99. The lowest BCUT2D eigenvalue weighted by molar-refractivity contribution is -0.251. The number of aliphatic hydroxyl groups excluding tert-OH is 1. The van der Waals surface area contributed by atoms with Gasteiger partial charge in [-0.15, -0.1) is 0 Å². The number of aliphatic hydroxyl groups is 1. The Morgan fingerprint density at radius 3 is 1.94 bits per heavy atom. The van der Waals surface area contributed by atoms with Crippen molar-refractivity contribution in [3.05, 3.63) is 60.7 Å². The van der Waals surface area contributed by atoms with Gasteiger partial charge in [0.2, 0.25) is 0 Å². The van der Waals surface area contributed by atoms with Gasteiger partial charge in [-0.3, -0.25) is 0 Å². The molecule has 35 heavy (non-hydrogen) atoms. The van der Waals surface area contributed by atoms with Crippen molar-refractivity contribution >= 4 is 18.7 Å². The van der Waals surface area contributed by atoms with Gasteiger partial charge in [0.15, 0.2) is 12.1 Å². The second-order valence-electron chi connectivity index (χ2n) is 11.3. The largest absolute Gasteiger partial charge is 0.404 e. The second kappa shape index (κ2) is 9.71. The van der Waals surface area contributed by atoms with Gasteiger partial charge in [-0.2, -0.15) is 0 Å². The molecule has 2 saturated heterocycles. The standard InChI is InChI=1S/C28H40O6Si/c1-20(29)18-28(24(30-7)23-25(34-28)33-27(5,6)32-23)19-31-35(26(2,3)4,21-14-10-8-11-15-21)22-16-12-9-13-17-22/h8-17,20,23-25,29H,18-19H2,1-7H3/t20?,23-,24+,25+,28-/m1/s1. The highest BCUT2D eigenvalue weighted by Gasteiger charge is 2.63. The Balaban J connectivity index is 1.78. The third kappa shape index (κ3) is 4.88. The number of benzene rings is 2. The van der Waals surface area contributed by atoms with Crippen molar-refractivity contribution in [2.24, 2.45) is 0 Å². The first-order valence-corrected chi connectivity index (χ1v) is 14.3. The summed E-state index contributed by atoms with van der Waals surface area (Å²) in [5.41, 5.74) is -0.929. The van der Waals surface area contributed by atoms with Gasteiger partial charge >= 0.3 is 0 Å². The monoisotopic (exact) mass is 500 g/mol. The van der Waals surface area contributed by atoms with Crippen molar-refractivity contribution in [3.8, 4) is 0 Å². The van der Waals surface area contributed by atoms with Gasteiger partial charge < -0.3 is 28.5 Å². The topological polar surface area (TPSA) is 66.4 Å². The molecule has 0 bridgehead atoms. The van der Waals surface area contributed by atoms with Crippen LogP contribution in [0.2, 0.25) is 5.04 Å². The third-order valence-electron chi connectivity index (χ3n) is 7.10. The van der Waals surface area contributed by atoms with Crippen molar-refractivity contribution in [2.75, 3.05) is 13.7 Å². The Morgan fingerprint density at radius 1 is 0.943 bits per heavy atom. The van der Waals surface area contributed by atoms with E-state index in [-0.39, 0.29) is 11.6 Å². The van der Waals surface area contributed by atoms with E-state index in [1.54, 1.807) is 14.0 Å². The molecule has 192 valence electrons. The van der Waals surface area contributed by atoms with Crippen molar-refractivity contribution in [1.29, 1.82) is 0 Å². The van der Waals surface area contributed by atoms with Crippen LogP contribution in [0.3, 0.4) is 0 Å². The highest BCUT2D eigenvalue weighted by Crippen LogP contribution is 2.47. The molecule has 2 aliphatic rings. The number of methoxy groups -OCH3 is 1. The van der Waals surface area contributed by atoms with Gasteiger partial charge in [0.1, 0.15) is 17.8 Å². The highest BCUT2D eigenvalue weighted by atomic mass is 28.4. The van der Waals surface area contributed by atoms with Crippen LogP contribution in [0.5, 0.6) is 0 Å². The molecular formula is C28H40O6Si. The van der Waals surface area contributed by atoms with Gasteiger partial charge in [-0.25, -0.2) is 0 Å². The molecule has 2 fully saturated rings. The molecule has 2 aliphatic heterocycles. The van der Waals surface area contributed by atoms with E-state index in [0.29, 0.717) is 6.42 Å². The summed E-state index contributed by atoms with van der Waals surface area (Å²) >= 11 is 0. The zero-order valence-electron chi connectivity index (χ0n) is 22.0. The Hall–Kier alpha value is -1.58. The molecule has 6 nitrogen and oxygen atoms in total. The van der Waals surface area contributed by atoms with Crippen LogP contribution in [-0.4, -0.2) is 63.1 Å². The van der Waals surface area contributed by atoms with Crippen molar-refractivity contribution in [1.82, 2.24) is 0 Å². The molecule has 7 heteroatoms. The van der Waals surface area contributed by atoms with E-state index in [9.17, 15) is 5.11 Å². The fourth-order valence-corrected chi connectivity index (χ4v) is 10.4. The average molecular weight is 501 g/mol. The van der Waals surface area contributed by atoms with E-state index in [1.165, 1.54) is 10.4 Å². The van der Waals surface area contributed by atoms with Gasteiger partial charge in [0.05, 0.1) is 12.7 Å². The molecule has 0 aromatic heterocycles. The normalized spacial score (nSPS) is 29.2. The van der Waals surface area contributed by atoms with Crippen LogP contribution in [0, 0.1) is 0 Å². The van der Waals surface area contributed by atoms with Gasteiger partial charge in [0, 0.05) is 13.5 Å². The zero-order valence-corrected chi connectivity index (χ0v) is 23.0. The van der Waals surface area contributed by atoms with Gasteiger partial charge in [-0.05, 0) is 36.2 Å². The van der Waals surface area contributed by atoms with Crippen LogP contribution in [0.25, 0.3) is 0 Å². The molecule has 4 rings (SSSR count). The molecule has 0 radical (unpaired) electrons. The fraction of sp³-hybridized carbons (Fsp3) is 0.571. The summed E-state index contributed by atoms with van der Waals surface area (Å²) < 4.78 is 32.0. The molecular weight excluding hydrogens is 460 g/mol. The molecule has 2 heterocycles. The van der Waals surface area contributed by atoms with Gasteiger partial charge in [0.25, 0.3) is 8.32 Å². The smallest absolute Gasteiger partial charge is 0.261 e. The Kier molecular flexibility index (Phi) is 7.34. The minimum absolute atomic E-state index is 0.187. The third-order valence-corrected chi connectivity index (χ3v) is 12.1. The summed E-state index contributed by atoms with van der Waals surface area (Å²) in [6, 6.07) is 21.0. The Morgan fingerprint density at radius 2 is 1.49 bits per heavy atom. The number of hydrogen-bond acceptors (Lipinski definition) is 6. The number of hydrogen-bond donors (Lipinski definition) is 1. The molecule has 5 atom stereocenters. The van der Waals surface area contributed by atoms with E-state index in [4.69, 9.17) is 23.4 Å². The first-order valence-electron chi connectivity index (χ1n) is 12.4. The molecule has 1 unspecified atom stereocenters. The summed E-state index contributed by atoms with van der Waals surface area (Å²) in [4.78, 5) is 0. The van der Waals surface area contributed by atoms with Crippen molar-refractivity contribution in [2.45, 2.75) is 89.0 Å². The Bertz CT molecular complexity index is 934. The summed E-state index contributed by atoms with van der Waals surface area (Å²) in [5.74, 6) is -0.762. The molecule has 0 spiro atoms. The van der Waals surface area contributed by atoms with Crippen LogP contribution < -0.4 is 10.4 Å². The first kappa shape index (κ1) is 26.5. The zero-order chi connectivity index (χ0) is 25.5. The Labute approximate surface area is 210 Å². The first-order chi connectivity index (χ1) is 16.4. The summed E-state index contributed by atoms with van der Waals surface area (Å²) in [7, 11) is -1.16. The van der Waals surface area contributed by atoms with Crippen molar-refractivity contribution < 1.29 is 28.5 Å². The minimum Gasteiger partial charge on any atom is -0.404 e. The predicted molar refractivity (Wildman–Crippen MR) is 138 cm³/mol. The van der Waals surface area contributed by atoms with E-state index in [2.05, 4.69) is 69.3 Å².